The maximum atomic E-state index is 12.6. The Hall–Kier alpha value is -1.27. The largest absolute Gasteiger partial charge is 0.393 e. The molecule has 0 saturated heterocycles. The quantitative estimate of drug-likeness (QED) is 0.628. The Balaban J connectivity index is 2.36. The highest BCUT2D eigenvalue weighted by atomic mass is 32.2. The fourth-order valence-corrected chi connectivity index (χ4v) is 2.96. The topological polar surface area (TPSA) is 57.5 Å². The third-order valence-electron chi connectivity index (χ3n) is 3.52. The van der Waals surface area contributed by atoms with Crippen LogP contribution in [0.25, 0.3) is 0 Å². The van der Waals surface area contributed by atoms with Gasteiger partial charge in [-0.2, -0.15) is 0 Å². The van der Waals surface area contributed by atoms with Crippen LogP contribution >= 0.6 is 23.5 Å². The van der Waals surface area contributed by atoms with Crippen LogP contribution in [0.4, 0.5) is 0 Å². The second-order valence-corrected chi connectivity index (χ2v) is 6.56. The van der Waals surface area contributed by atoms with E-state index in [9.17, 15) is 15.0 Å². The van der Waals surface area contributed by atoms with Gasteiger partial charge in [0.25, 0.3) is 0 Å². The van der Waals surface area contributed by atoms with E-state index in [-0.39, 0.29) is 0 Å². The summed E-state index contributed by atoms with van der Waals surface area (Å²) in [4.78, 5) is 14.7. The lowest BCUT2D eigenvalue weighted by Gasteiger charge is -2.25. The molecule has 0 saturated carbocycles. The zero-order valence-electron chi connectivity index (χ0n) is 12.4. The van der Waals surface area contributed by atoms with Crippen molar-refractivity contribution in [3.63, 3.8) is 0 Å². The third-order valence-corrected chi connectivity index (χ3v) is 5.01. The van der Waals surface area contributed by atoms with Gasteiger partial charge < -0.3 is 10.2 Å². The number of aliphatic hydroxyl groups excluding tert-OH is 1. The summed E-state index contributed by atoms with van der Waals surface area (Å²) in [5, 5.41) is 20.3. The van der Waals surface area contributed by atoms with Gasteiger partial charge >= 0.3 is 0 Å². The highest BCUT2D eigenvalue weighted by molar-refractivity contribution is 7.98. The summed E-state index contributed by atoms with van der Waals surface area (Å²) in [5.74, 6) is -0.500. The van der Waals surface area contributed by atoms with E-state index in [0.717, 1.165) is 9.79 Å². The summed E-state index contributed by atoms with van der Waals surface area (Å²) < 4.78 is 0. The predicted octanol–water partition coefficient (Wildman–Crippen LogP) is 3.19. The van der Waals surface area contributed by atoms with Crippen molar-refractivity contribution in [2.24, 2.45) is 0 Å². The molecule has 5 heteroatoms. The first-order valence-electron chi connectivity index (χ1n) is 6.71. The van der Waals surface area contributed by atoms with Gasteiger partial charge in [0, 0.05) is 15.4 Å². The Morgan fingerprint density at radius 2 is 1.41 bits per heavy atom. The number of thioether (sulfide) groups is 2. The highest BCUT2D eigenvalue weighted by Gasteiger charge is 2.37. The minimum Gasteiger partial charge on any atom is -0.393 e. The number of benzene rings is 2. The molecular weight excluding hydrogens is 316 g/mol. The zero-order chi connectivity index (χ0) is 16.2. The molecule has 2 rings (SSSR count). The molecule has 0 bridgehead atoms. The van der Waals surface area contributed by atoms with Crippen molar-refractivity contribution in [2.75, 3.05) is 19.1 Å². The van der Waals surface area contributed by atoms with Crippen LogP contribution in [0.15, 0.2) is 58.3 Å². The molecule has 2 aromatic rings. The Bertz CT molecular complexity index is 638. The molecule has 1 atom stereocenters. The van der Waals surface area contributed by atoms with Crippen molar-refractivity contribution in [2.45, 2.75) is 15.4 Å². The Labute approximate surface area is 138 Å². The van der Waals surface area contributed by atoms with Gasteiger partial charge in [0.15, 0.2) is 5.60 Å². The fraction of sp³-hybridized carbons (Fsp3) is 0.235. The van der Waals surface area contributed by atoms with E-state index in [1.807, 2.05) is 36.8 Å². The number of rotatable bonds is 6. The fourth-order valence-electron chi connectivity index (χ4n) is 2.14. The van der Waals surface area contributed by atoms with Crippen LogP contribution in [0.3, 0.4) is 0 Å². The van der Waals surface area contributed by atoms with Crippen molar-refractivity contribution in [3.8, 4) is 0 Å². The minimum atomic E-state index is -1.92. The number of aliphatic hydroxyl groups is 2. The molecule has 0 heterocycles. The lowest BCUT2D eigenvalue weighted by atomic mass is 9.86. The average Bonchev–Trinajstić information content (AvgIpc) is 2.60. The molecule has 0 aliphatic heterocycles. The van der Waals surface area contributed by atoms with Crippen molar-refractivity contribution in [1.82, 2.24) is 0 Å². The van der Waals surface area contributed by atoms with E-state index < -0.39 is 18.0 Å². The van der Waals surface area contributed by atoms with Gasteiger partial charge in [-0.1, -0.05) is 24.3 Å². The second kappa shape index (κ2) is 7.33. The molecule has 1 unspecified atom stereocenters. The normalized spacial score (nSPS) is 13.6. The van der Waals surface area contributed by atoms with Crippen molar-refractivity contribution < 1.29 is 15.0 Å². The Morgan fingerprint density at radius 3 is 1.82 bits per heavy atom. The first-order chi connectivity index (χ1) is 10.5. The van der Waals surface area contributed by atoms with E-state index in [2.05, 4.69) is 0 Å². The molecule has 116 valence electrons. The van der Waals surface area contributed by atoms with Crippen molar-refractivity contribution in [1.29, 1.82) is 0 Å². The summed E-state index contributed by atoms with van der Waals surface area (Å²) in [6.07, 6.45) is 3.90. The van der Waals surface area contributed by atoms with E-state index in [1.165, 1.54) is 0 Å². The summed E-state index contributed by atoms with van der Waals surface area (Å²) >= 11 is 3.15. The zero-order valence-corrected chi connectivity index (χ0v) is 14.1. The summed E-state index contributed by atoms with van der Waals surface area (Å²) in [7, 11) is 0. The SMILES string of the molecule is CSc1ccc(C(=O)C(O)(CO)c2ccc(SC)cc2)cc1. The van der Waals surface area contributed by atoms with Gasteiger partial charge in [0.05, 0.1) is 6.61 Å². The standard InChI is InChI=1S/C17H18O3S2/c1-21-14-7-3-12(4-8-14)16(19)17(20,11-18)13-5-9-15(22-2)10-6-13/h3-10,18,20H,11H2,1-2H3. The van der Waals surface area contributed by atoms with Crippen LogP contribution in [0.1, 0.15) is 15.9 Å². The van der Waals surface area contributed by atoms with E-state index in [4.69, 9.17) is 0 Å². The van der Waals surface area contributed by atoms with E-state index >= 15 is 0 Å². The van der Waals surface area contributed by atoms with Crippen molar-refractivity contribution in [3.05, 3.63) is 59.7 Å². The van der Waals surface area contributed by atoms with Crippen LogP contribution in [-0.2, 0) is 5.60 Å². The first kappa shape index (κ1) is 17.1. The van der Waals surface area contributed by atoms with E-state index in [0.29, 0.717) is 11.1 Å². The molecule has 0 aromatic heterocycles. The molecule has 3 nitrogen and oxygen atoms in total. The molecule has 0 aliphatic rings. The van der Waals surface area contributed by atoms with Crippen LogP contribution in [0, 0.1) is 0 Å². The molecule has 0 amide bonds. The Morgan fingerprint density at radius 1 is 0.955 bits per heavy atom. The Kier molecular flexibility index (Phi) is 5.69. The van der Waals surface area contributed by atoms with Crippen LogP contribution in [0.5, 0.6) is 0 Å². The molecule has 0 spiro atoms. The number of hydrogen-bond donors (Lipinski definition) is 2. The molecule has 2 aromatic carbocycles. The smallest absolute Gasteiger partial charge is 0.201 e. The van der Waals surface area contributed by atoms with Crippen LogP contribution in [0.2, 0.25) is 0 Å². The lowest BCUT2D eigenvalue weighted by Crippen LogP contribution is -2.39. The van der Waals surface area contributed by atoms with E-state index in [1.54, 1.807) is 47.8 Å². The summed E-state index contributed by atoms with van der Waals surface area (Å²) in [6, 6.07) is 14.0. The maximum absolute atomic E-state index is 12.6. The second-order valence-electron chi connectivity index (χ2n) is 4.80. The van der Waals surface area contributed by atoms with Gasteiger partial charge in [-0.25, -0.2) is 0 Å². The number of carbonyl (C=O) groups excluding carboxylic acids is 1. The monoisotopic (exact) mass is 334 g/mol. The molecule has 22 heavy (non-hydrogen) atoms. The highest BCUT2D eigenvalue weighted by Crippen LogP contribution is 2.28. The molecular formula is C17H18O3S2. The van der Waals surface area contributed by atoms with Gasteiger partial charge in [-0.05, 0) is 42.3 Å². The van der Waals surface area contributed by atoms with Crippen molar-refractivity contribution >= 4 is 29.3 Å². The number of ketones is 1. The van der Waals surface area contributed by atoms with Gasteiger partial charge in [-0.3, -0.25) is 4.79 Å². The molecule has 2 N–H and O–H groups in total. The molecule has 0 fully saturated rings. The summed E-state index contributed by atoms with van der Waals surface area (Å²) in [5.41, 5.74) is -1.15. The first-order valence-corrected chi connectivity index (χ1v) is 9.16. The molecule has 0 radical (unpaired) electrons. The van der Waals surface area contributed by atoms with Crippen LogP contribution < -0.4 is 0 Å². The lowest BCUT2D eigenvalue weighted by molar-refractivity contribution is -0.00403. The molecule has 0 aliphatic carbocycles. The average molecular weight is 334 g/mol. The van der Waals surface area contributed by atoms with Gasteiger partial charge in [0.2, 0.25) is 5.78 Å². The van der Waals surface area contributed by atoms with Crippen LogP contribution in [-0.4, -0.2) is 35.1 Å². The predicted molar refractivity (Wildman–Crippen MR) is 91.8 cm³/mol. The minimum absolute atomic E-state index is 0.378. The summed E-state index contributed by atoms with van der Waals surface area (Å²) in [6.45, 7) is -0.658. The number of carbonyl (C=O) groups is 1. The third kappa shape index (κ3) is 3.38. The maximum Gasteiger partial charge on any atom is 0.201 e. The number of Topliss-reactive ketones (excluding diaryl/α,β-unsaturated/α-hetero) is 1. The van der Waals surface area contributed by atoms with Gasteiger partial charge in [-0.15, -0.1) is 23.5 Å². The van der Waals surface area contributed by atoms with Gasteiger partial charge in [0.1, 0.15) is 0 Å². The number of hydrogen-bond acceptors (Lipinski definition) is 5.